The Hall–Kier alpha value is -2.69. The van der Waals surface area contributed by atoms with E-state index in [0.29, 0.717) is 35.5 Å². The van der Waals surface area contributed by atoms with E-state index in [9.17, 15) is 8.42 Å². The molecule has 0 bridgehead atoms. The van der Waals surface area contributed by atoms with Crippen LogP contribution >= 0.6 is 12.4 Å². The van der Waals surface area contributed by atoms with Gasteiger partial charge in [0.15, 0.2) is 0 Å². The lowest BCUT2D eigenvalue weighted by Gasteiger charge is -2.20. The smallest absolute Gasteiger partial charge is 0.248 e. The highest BCUT2D eigenvalue weighted by Crippen LogP contribution is 2.38. The summed E-state index contributed by atoms with van der Waals surface area (Å²) >= 11 is 0. The molecule has 4 rings (SSSR count). The van der Waals surface area contributed by atoms with Crippen molar-refractivity contribution >= 4 is 34.1 Å². The molecular weight excluding hydrogens is 476 g/mol. The van der Waals surface area contributed by atoms with Gasteiger partial charge in [0.25, 0.3) is 0 Å². The van der Waals surface area contributed by atoms with Gasteiger partial charge in [-0.3, -0.25) is 4.31 Å². The Morgan fingerprint density at radius 1 is 1.24 bits per heavy atom. The van der Waals surface area contributed by atoms with Gasteiger partial charge in [-0.05, 0) is 49.3 Å². The van der Waals surface area contributed by atoms with Gasteiger partial charge >= 0.3 is 0 Å². The zero-order valence-corrected chi connectivity index (χ0v) is 21.4. The Labute approximate surface area is 206 Å². The van der Waals surface area contributed by atoms with E-state index in [4.69, 9.17) is 10.2 Å². The van der Waals surface area contributed by atoms with Crippen LogP contribution in [0.2, 0.25) is 0 Å². The molecule has 1 saturated carbocycles. The number of sulfonamides is 1. The molecule has 34 heavy (non-hydrogen) atoms. The maximum atomic E-state index is 12.1. The van der Waals surface area contributed by atoms with Crippen LogP contribution in [-0.4, -0.2) is 43.4 Å². The van der Waals surface area contributed by atoms with Gasteiger partial charge < -0.3 is 15.5 Å². The second kappa shape index (κ2) is 9.89. The van der Waals surface area contributed by atoms with Crippen molar-refractivity contribution < 1.29 is 12.8 Å². The molecule has 1 fully saturated rings. The Morgan fingerprint density at radius 2 is 1.91 bits per heavy atom. The van der Waals surface area contributed by atoms with Crippen LogP contribution in [0.15, 0.2) is 46.9 Å². The first-order valence-corrected chi connectivity index (χ1v) is 12.7. The van der Waals surface area contributed by atoms with Gasteiger partial charge in [-0.1, -0.05) is 37.3 Å². The maximum absolute atomic E-state index is 12.1. The summed E-state index contributed by atoms with van der Waals surface area (Å²) < 4.78 is 31.3. The first kappa shape index (κ1) is 25.9. The van der Waals surface area contributed by atoms with Gasteiger partial charge in [-0.2, -0.15) is 0 Å². The summed E-state index contributed by atoms with van der Waals surface area (Å²) in [6.07, 6.45) is 2.83. The number of nitrogens with two attached hydrogens (primary N) is 1. The molecule has 0 saturated heterocycles. The van der Waals surface area contributed by atoms with Crippen molar-refractivity contribution in [2.75, 3.05) is 29.5 Å². The second-order valence-corrected chi connectivity index (χ2v) is 11.2. The number of hydrogen-bond acceptors (Lipinski definition) is 8. The zero-order chi connectivity index (χ0) is 23.8. The Kier molecular flexibility index (Phi) is 7.54. The molecule has 0 radical (unpaired) electrons. The first-order chi connectivity index (χ1) is 15.5. The normalized spacial score (nSPS) is 19.1. The third-order valence-corrected chi connectivity index (χ3v) is 7.21. The number of halogens is 1. The molecule has 3 N–H and O–H groups in total. The van der Waals surface area contributed by atoms with E-state index in [1.165, 1.54) is 13.5 Å². The van der Waals surface area contributed by atoms with Gasteiger partial charge in [0.1, 0.15) is 11.6 Å². The third kappa shape index (κ3) is 6.05. The average molecular weight is 507 g/mol. The van der Waals surface area contributed by atoms with Crippen LogP contribution in [0.5, 0.6) is 0 Å². The van der Waals surface area contributed by atoms with Gasteiger partial charge in [-0.25, -0.2) is 13.4 Å². The minimum Gasteiger partial charge on any atom is -0.419 e. The standard InChI is InChI=1S/C23H30N6O3S.ClH/c1-15-10-18(15)14-25-19-11-17(12-20(26-19)29(3)33(4,30)31)21-27-28-22(32-21)23(2,24)13-16-8-6-5-7-9-16;/h5-9,11-12,15,18H,10,13-14,24H2,1-4H3,(H,25,26);1H. The predicted octanol–water partition coefficient (Wildman–Crippen LogP) is 3.43. The average Bonchev–Trinajstić information content (AvgIpc) is 3.23. The van der Waals surface area contributed by atoms with E-state index in [-0.39, 0.29) is 24.1 Å². The molecule has 2 aromatic heterocycles. The molecule has 3 aromatic rings. The molecule has 3 unspecified atom stereocenters. The van der Waals surface area contributed by atoms with Crippen molar-refractivity contribution in [1.29, 1.82) is 0 Å². The number of rotatable bonds is 9. The highest BCUT2D eigenvalue weighted by Gasteiger charge is 2.32. The molecule has 184 valence electrons. The quantitative estimate of drug-likeness (QED) is 0.451. The molecule has 0 amide bonds. The molecular formula is C23H31ClN6O3S. The van der Waals surface area contributed by atoms with Gasteiger partial charge in [0, 0.05) is 19.2 Å². The molecule has 1 aliphatic rings. The van der Waals surface area contributed by atoms with Crippen LogP contribution in [0.1, 0.15) is 31.7 Å². The minimum absolute atomic E-state index is 0. The van der Waals surface area contributed by atoms with Crippen LogP contribution in [0.4, 0.5) is 11.6 Å². The second-order valence-electron chi connectivity index (χ2n) is 9.18. The van der Waals surface area contributed by atoms with Crippen LogP contribution < -0.4 is 15.4 Å². The largest absolute Gasteiger partial charge is 0.419 e. The van der Waals surface area contributed by atoms with Crippen molar-refractivity contribution in [3.63, 3.8) is 0 Å². The number of nitrogens with zero attached hydrogens (tertiary/aromatic N) is 4. The summed E-state index contributed by atoms with van der Waals surface area (Å²) in [6, 6.07) is 13.3. The summed E-state index contributed by atoms with van der Waals surface area (Å²) in [6.45, 7) is 4.82. The Morgan fingerprint density at radius 3 is 2.53 bits per heavy atom. The molecule has 2 heterocycles. The van der Waals surface area contributed by atoms with Crippen molar-refractivity contribution in [2.45, 2.75) is 32.2 Å². The van der Waals surface area contributed by atoms with Crippen LogP contribution in [0.3, 0.4) is 0 Å². The lowest BCUT2D eigenvalue weighted by Crippen LogP contribution is -2.35. The van der Waals surface area contributed by atoms with Crippen molar-refractivity contribution in [3.8, 4) is 11.5 Å². The summed E-state index contributed by atoms with van der Waals surface area (Å²) in [4.78, 5) is 4.48. The van der Waals surface area contributed by atoms with Crippen LogP contribution in [0.25, 0.3) is 11.5 Å². The van der Waals surface area contributed by atoms with Gasteiger partial charge in [-0.15, -0.1) is 22.6 Å². The van der Waals surface area contributed by atoms with Crippen molar-refractivity contribution in [1.82, 2.24) is 15.2 Å². The van der Waals surface area contributed by atoms with Crippen molar-refractivity contribution in [2.24, 2.45) is 17.6 Å². The highest BCUT2D eigenvalue weighted by molar-refractivity contribution is 7.92. The number of anilines is 2. The molecule has 0 spiro atoms. The molecule has 0 aliphatic heterocycles. The lowest BCUT2D eigenvalue weighted by atomic mass is 9.94. The van der Waals surface area contributed by atoms with E-state index in [1.807, 2.05) is 37.3 Å². The maximum Gasteiger partial charge on any atom is 0.248 e. The molecule has 3 atom stereocenters. The number of benzene rings is 1. The number of nitrogens with one attached hydrogen (secondary N) is 1. The van der Waals surface area contributed by atoms with E-state index < -0.39 is 15.6 Å². The molecule has 1 aliphatic carbocycles. The third-order valence-electron chi connectivity index (χ3n) is 6.03. The Bertz CT molecular complexity index is 1230. The van der Waals surface area contributed by atoms with E-state index in [1.54, 1.807) is 12.1 Å². The highest BCUT2D eigenvalue weighted by atomic mass is 35.5. The number of pyridine rings is 1. The van der Waals surface area contributed by atoms with Gasteiger partial charge in [0.05, 0.1) is 11.8 Å². The van der Waals surface area contributed by atoms with Gasteiger partial charge in [0.2, 0.25) is 21.8 Å². The first-order valence-electron chi connectivity index (χ1n) is 10.9. The topological polar surface area (TPSA) is 127 Å². The summed E-state index contributed by atoms with van der Waals surface area (Å²) in [5.41, 5.74) is 7.28. The van der Waals surface area contributed by atoms with Crippen LogP contribution in [-0.2, 0) is 22.0 Å². The fourth-order valence-electron chi connectivity index (χ4n) is 3.65. The molecule has 11 heteroatoms. The summed E-state index contributed by atoms with van der Waals surface area (Å²) in [7, 11) is -2.03. The Balaban J connectivity index is 0.00000324. The predicted molar refractivity (Wildman–Crippen MR) is 135 cm³/mol. The van der Waals surface area contributed by atoms with Crippen molar-refractivity contribution in [3.05, 3.63) is 53.9 Å². The number of aromatic nitrogens is 3. The fraction of sp³-hybridized carbons (Fsp3) is 0.435. The monoisotopic (exact) mass is 506 g/mol. The lowest BCUT2D eigenvalue weighted by molar-refractivity contribution is 0.355. The minimum atomic E-state index is -3.50. The zero-order valence-electron chi connectivity index (χ0n) is 19.7. The summed E-state index contributed by atoms with van der Waals surface area (Å²) in [5, 5.41) is 11.7. The molecule has 1 aromatic carbocycles. The van der Waals surface area contributed by atoms with E-state index >= 15 is 0 Å². The molecule has 9 nitrogen and oxygen atoms in total. The van der Waals surface area contributed by atoms with E-state index in [0.717, 1.165) is 22.7 Å². The van der Waals surface area contributed by atoms with E-state index in [2.05, 4.69) is 27.4 Å². The van der Waals surface area contributed by atoms with Crippen LogP contribution in [0, 0.1) is 11.8 Å². The SMILES string of the molecule is CC1CC1CNc1cc(-c2nnc(C(C)(N)Cc3ccccc3)o2)cc(N(C)S(C)(=O)=O)n1.Cl. The fourth-order valence-corrected chi connectivity index (χ4v) is 4.08. The number of hydrogen-bond donors (Lipinski definition) is 2. The summed E-state index contributed by atoms with van der Waals surface area (Å²) in [5.74, 6) is 2.65.